The van der Waals surface area contributed by atoms with Crippen LogP contribution in [0.2, 0.25) is 0 Å². The second-order valence-corrected chi connectivity index (χ2v) is 6.99. The molecule has 5 nitrogen and oxygen atoms in total. The molecule has 2 aliphatic heterocycles. The third-order valence-electron chi connectivity index (χ3n) is 5.51. The maximum Gasteiger partial charge on any atom is 0.236 e. The number of amides is 1. The summed E-state index contributed by atoms with van der Waals surface area (Å²) >= 11 is 0. The number of hydrogen-bond acceptors (Lipinski definition) is 4. The van der Waals surface area contributed by atoms with E-state index in [4.69, 9.17) is 4.74 Å². The average Bonchev–Trinajstić information content (AvgIpc) is 2.93. The summed E-state index contributed by atoms with van der Waals surface area (Å²) in [7, 11) is 1.71. The molecule has 132 valence electrons. The van der Waals surface area contributed by atoms with Crippen LogP contribution in [0, 0.1) is 0 Å². The summed E-state index contributed by atoms with van der Waals surface area (Å²) in [5, 5.41) is 0. The standard InChI is InChI=1S/C19H29N3O2/c1-15-8-9-16(2)22(15)14-19(23)21-12-10-20(11-13-21)17-6-4-5-7-18(17)24-3/h4-7,15-16H,8-14H2,1-3H3. The monoisotopic (exact) mass is 331 g/mol. The van der Waals surface area contributed by atoms with Gasteiger partial charge in [-0.05, 0) is 38.8 Å². The molecular weight excluding hydrogens is 302 g/mol. The SMILES string of the molecule is COc1ccccc1N1CCN(C(=O)CN2C(C)CCC2C)CC1. The van der Waals surface area contributed by atoms with Crippen molar-refractivity contribution in [1.29, 1.82) is 0 Å². The maximum absolute atomic E-state index is 12.7. The van der Waals surface area contributed by atoms with E-state index in [2.05, 4.69) is 29.7 Å². The number of carbonyl (C=O) groups excluding carboxylic acids is 1. The van der Waals surface area contributed by atoms with Crippen LogP contribution < -0.4 is 9.64 Å². The van der Waals surface area contributed by atoms with Crippen molar-refractivity contribution in [2.24, 2.45) is 0 Å². The number of ether oxygens (including phenoxy) is 1. The fourth-order valence-electron chi connectivity index (χ4n) is 3.90. The Labute approximate surface area is 145 Å². The zero-order valence-electron chi connectivity index (χ0n) is 15.1. The topological polar surface area (TPSA) is 36.0 Å². The highest BCUT2D eigenvalue weighted by Gasteiger charge is 2.31. The van der Waals surface area contributed by atoms with Crippen molar-refractivity contribution in [2.45, 2.75) is 38.8 Å². The van der Waals surface area contributed by atoms with E-state index < -0.39 is 0 Å². The predicted molar refractivity (Wildman–Crippen MR) is 96.7 cm³/mol. The van der Waals surface area contributed by atoms with Crippen molar-refractivity contribution in [3.8, 4) is 5.75 Å². The number of benzene rings is 1. The zero-order valence-corrected chi connectivity index (χ0v) is 15.1. The van der Waals surface area contributed by atoms with Gasteiger partial charge in [-0.25, -0.2) is 0 Å². The van der Waals surface area contributed by atoms with E-state index in [0.717, 1.165) is 37.6 Å². The molecule has 0 aliphatic carbocycles. The van der Waals surface area contributed by atoms with Gasteiger partial charge in [0.15, 0.2) is 0 Å². The summed E-state index contributed by atoms with van der Waals surface area (Å²) in [5.74, 6) is 1.17. The molecule has 0 N–H and O–H groups in total. The van der Waals surface area contributed by atoms with Crippen molar-refractivity contribution in [3.63, 3.8) is 0 Å². The Balaban J connectivity index is 1.56. The average molecular weight is 331 g/mol. The second kappa shape index (κ2) is 7.43. The molecule has 0 aromatic heterocycles. The predicted octanol–water partition coefficient (Wildman–Crippen LogP) is 2.22. The molecule has 1 amide bonds. The lowest BCUT2D eigenvalue weighted by molar-refractivity contribution is -0.133. The molecule has 24 heavy (non-hydrogen) atoms. The van der Waals surface area contributed by atoms with Crippen LogP contribution in [-0.2, 0) is 4.79 Å². The van der Waals surface area contributed by atoms with Crippen molar-refractivity contribution >= 4 is 11.6 Å². The number of rotatable bonds is 4. The second-order valence-electron chi connectivity index (χ2n) is 6.99. The molecule has 0 spiro atoms. The largest absolute Gasteiger partial charge is 0.495 e. The van der Waals surface area contributed by atoms with Crippen molar-refractivity contribution < 1.29 is 9.53 Å². The van der Waals surface area contributed by atoms with Gasteiger partial charge in [0.2, 0.25) is 5.91 Å². The van der Waals surface area contributed by atoms with Gasteiger partial charge < -0.3 is 14.5 Å². The third-order valence-corrected chi connectivity index (χ3v) is 5.51. The molecule has 2 heterocycles. The Kier molecular flexibility index (Phi) is 5.29. The van der Waals surface area contributed by atoms with Crippen LogP contribution in [0.15, 0.2) is 24.3 Å². The number of anilines is 1. The fraction of sp³-hybridized carbons (Fsp3) is 0.632. The minimum atomic E-state index is 0.273. The molecule has 2 aliphatic rings. The number of carbonyl (C=O) groups is 1. The molecule has 2 saturated heterocycles. The highest BCUT2D eigenvalue weighted by atomic mass is 16.5. The normalized spacial score (nSPS) is 25.1. The maximum atomic E-state index is 12.7. The zero-order chi connectivity index (χ0) is 17.1. The lowest BCUT2D eigenvalue weighted by atomic mass is 10.2. The summed E-state index contributed by atoms with van der Waals surface area (Å²) in [6, 6.07) is 9.15. The number of hydrogen-bond donors (Lipinski definition) is 0. The van der Waals surface area contributed by atoms with Gasteiger partial charge in [0, 0.05) is 38.3 Å². The molecule has 2 fully saturated rings. The minimum Gasteiger partial charge on any atom is -0.495 e. The van der Waals surface area contributed by atoms with Gasteiger partial charge in [-0.1, -0.05) is 12.1 Å². The molecule has 1 aromatic rings. The lowest BCUT2D eigenvalue weighted by Gasteiger charge is -2.38. The number of piperazine rings is 1. The quantitative estimate of drug-likeness (QED) is 0.848. The van der Waals surface area contributed by atoms with E-state index in [1.54, 1.807) is 7.11 Å². The number of para-hydroxylation sites is 2. The first kappa shape index (κ1) is 17.1. The highest BCUT2D eigenvalue weighted by Crippen LogP contribution is 2.28. The molecule has 3 rings (SSSR count). The van der Waals surface area contributed by atoms with Crippen LogP contribution in [0.4, 0.5) is 5.69 Å². The molecule has 0 saturated carbocycles. The number of likely N-dealkylation sites (tertiary alicyclic amines) is 1. The third kappa shape index (κ3) is 3.51. The van der Waals surface area contributed by atoms with Crippen LogP contribution in [0.1, 0.15) is 26.7 Å². The van der Waals surface area contributed by atoms with Gasteiger partial charge in [-0.15, -0.1) is 0 Å². The molecule has 0 bridgehead atoms. The molecule has 5 heteroatoms. The summed E-state index contributed by atoms with van der Waals surface area (Å²) in [6.07, 6.45) is 2.41. The Bertz CT molecular complexity index is 559. The Morgan fingerprint density at radius 2 is 1.71 bits per heavy atom. The van der Waals surface area contributed by atoms with Crippen LogP contribution in [-0.4, -0.2) is 67.6 Å². The first-order valence-corrected chi connectivity index (χ1v) is 9.01. The van der Waals surface area contributed by atoms with Crippen LogP contribution in [0.25, 0.3) is 0 Å². The first-order valence-electron chi connectivity index (χ1n) is 9.01. The van der Waals surface area contributed by atoms with Crippen LogP contribution in [0.5, 0.6) is 5.75 Å². The van der Waals surface area contributed by atoms with Crippen molar-refractivity contribution in [2.75, 3.05) is 44.7 Å². The van der Waals surface area contributed by atoms with E-state index in [1.165, 1.54) is 12.8 Å². The molecule has 1 aromatic carbocycles. The minimum absolute atomic E-state index is 0.273. The Hall–Kier alpha value is -1.75. The molecule has 0 radical (unpaired) electrons. The summed E-state index contributed by atoms with van der Waals surface area (Å²) in [5.41, 5.74) is 1.12. The van der Waals surface area contributed by atoms with E-state index in [1.807, 2.05) is 23.1 Å². The lowest BCUT2D eigenvalue weighted by Crippen LogP contribution is -2.52. The van der Waals surface area contributed by atoms with Crippen LogP contribution in [0.3, 0.4) is 0 Å². The molecule has 2 atom stereocenters. The molecular formula is C19H29N3O2. The van der Waals surface area contributed by atoms with Crippen molar-refractivity contribution in [1.82, 2.24) is 9.80 Å². The van der Waals surface area contributed by atoms with E-state index >= 15 is 0 Å². The van der Waals surface area contributed by atoms with E-state index in [0.29, 0.717) is 18.6 Å². The summed E-state index contributed by atoms with van der Waals surface area (Å²) < 4.78 is 5.46. The Morgan fingerprint density at radius 1 is 1.08 bits per heavy atom. The smallest absolute Gasteiger partial charge is 0.236 e. The Morgan fingerprint density at radius 3 is 2.33 bits per heavy atom. The van der Waals surface area contributed by atoms with Gasteiger partial charge in [-0.3, -0.25) is 9.69 Å². The van der Waals surface area contributed by atoms with E-state index in [-0.39, 0.29) is 5.91 Å². The first-order chi connectivity index (χ1) is 11.6. The van der Waals surface area contributed by atoms with Gasteiger partial charge in [0.1, 0.15) is 5.75 Å². The summed E-state index contributed by atoms with van der Waals surface area (Å²) in [4.78, 5) is 19.3. The van der Waals surface area contributed by atoms with Crippen LogP contribution >= 0.6 is 0 Å². The van der Waals surface area contributed by atoms with Gasteiger partial charge >= 0.3 is 0 Å². The number of methoxy groups -OCH3 is 1. The van der Waals surface area contributed by atoms with Gasteiger partial charge in [-0.2, -0.15) is 0 Å². The fourth-order valence-corrected chi connectivity index (χ4v) is 3.90. The summed E-state index contributed by atoms with van der Waals surface area (Å²) in [6.45, 7) is 8.32. The van der Waals surface area contributed by atoms with Gasteiger partial charge in [0.25, 0.3) is 0 Å². The van der Waals surface area contributed by atoms with Crippen molar-refractivity contribution in [3.05, 3.63) is 24.3 Å². The van der Waals surface area contributed by atoms with E-state index in [9.17, 15) is 4.79 Å². The molecule has 2 unspecified atom stereocenters. The van der Waals surface area contributed by atoms with Gasteiger partial charge in [0.05, 0.1) is 19.3 Å². The highest BCUT2D eigenvalue weighted by molar-refractivity contribution is 5.78. The number of nitrogens with zero attached hydrogens (tertiary/aromatic N) is 3.